The van der Waals surface area contributed by atoms with Crippen molar-refractivity contribution >= 4 is 15.9 Å². The van der Waals surface area contributed by atoms with Crippen LogP contribution < -0.4 is 4.74 Å². The van der Waals surface area contributed by atoms with Crippen LogP contribution in [0, 0.1) is 5.92 Å². The highest BCUT2D eigenvalue weighted by Gasteiger charge is 2.16. The second-order valence-electron chi connectivity index (χ2n) is 7.34. The summed E-state index contributed by atoms with van der Waals surface area (Å²) in [6.45, 7) is 8.46. The van der Waals surface area contributed by atoms with Gasteiger partial charge in [-0.2, -0.15) is 0 Å². The van der Waals surface area contributed by atoms with Crippen molar-refractivity contribution in [2.24, 2.45) is 5.92 Å². The minimum absolute atomic E-state index is 0.584. The summed E-state index contributed by atoms with van der Waals surface area (Å²) in [4.78, 5) is 2.63. The van der Waals surface area contributed by atoms with Crippen LogP contribution in [-0.4, -0.2) is 24.5 Å². The van der Waals surface area contributed by atoms with Crippen LogP contribution in [0.15, 0.2) is 53.0 Å². The number of benzene rings is 2. The van der Waals surface area contributed by atoms with Crippen LogP contribution in [0.2, 0.25) is 0 Å². The Labute approximate surface area is 160 Å². The third-order valence-electron chi connectivity index (χ3n) is 5.25. The van der Waals surface area contributed by atoms with Gasteiger partial charge in [0.1, 0.15) is 11.5 Å². The van der Waals surface area contributed by atoms with Gasteiger partial charge in [-0.3, -0.25) is 0 Å². The molecule has 0 bridgehead atoms. The van der Waals surface area contributed by atoms with E-state index in [-0.39, 0.29) is 0 Å². The molecule has 2 aromatic rings. The summed E-state index contributed by atoms with van der Waals surface area (Å²) in [6.07, 6.45) is 3.94. The van der Waals surface area contributed by atoms with Crippen molar-refractivity contribution in [1.29, 1.82) is 0 Å². The molecule has 2 aromatic carbocycles. The lowest BCUT2D eigenvalue weighted by Gasteiger charge is -2.31. The minimum Gasteiger partial charge on any atom is -0.457 e. The summed E-state index contributed by atoms with van der Waals surface area (Å²) in [7, 11) is 0. The molecule has 3 rings (SSSR count). The molecule has 1 unspecified atom stereocenters. The van der Waals surface area contributed by atoms with E-state index in [0.29, 0.717) is 5.92 Å². The molecule has 134 valence electrons. The molecule has 3 heteroatoms. The molecule has 0 amide bonds. The fraction of sp³-hybridized carbons (Fsp3) is 0.455. The zero-order valence-corrected chi connectivity index (χ0v) is 16.8. The Morgan fingerprint density at radius 3 is 2.16 bits per heavy atom. The molecule has 0 aliphatic carbocycles. The molecule has 1 aliphatic rings. The van der Waals surface area contributed by atoms with Crippen LogP contribution in [0.25, 0.3) is 0 Å². The van der Waals surface area contributed by atoms with Crippen LogP contribution in [0.4, 0.5) is 0 Å². The average molecular weight is 402 g/mol. The van der Waals surface area contributed by atoms with Gasteiger partial charge in [-0.25, -0.2) is 0 Å². The largest absolute Gasteiger partial charge is 0.457 e. The maximum absolute atomic E-state index is 5.90. The summed E-state index contributed by atoms with van der Waals surface area (Å²) in [5, 5.41) is 0. The topological polar surface area (TPSA) is 12.5 Å². The van der Waals surface area contributed by atoms with Gasteiger partial charge in [0.05, 0.1) is 0 Å². The fourth-order valence-electron chi connectivity index (χ4n) is 3.33. The van der Waals surface area contributed by atoms with E-state index in [2.05, 4.69) is 58.9 Å². The van der Waals surface area contributed by atoms with Gasteiger partial charge >= 0.3 is 0 Å². The highest BCUT2D eigenvalue weighted by molar-refractivity contribution is 9.10. The number of piperidine rings is 1. The summed E-state index contributed by atoms with van der Waals surface area (Å²) in [5.41, 5.74) is 1.40. The number of rotatable bonds is 6. The Balaban J connectivity index is 1.50. The molecule has 25 heavy (non-hydrogen) atoms. The normalized spacial score (nSPS) is 17.4. The minimum atomic E-state index is 0.584. The first kappa shape index (κ1) is 18.5. The molecule has 1 atom stereocenters. The molecular weight excluding hydrogens is 374 g/mol. The van der Waals surface area contributed by atoms with E-state index < -0.39 is 0 Å². The van der Waals surface area contributed by atoms with Gasteiger partial charge < -0.3 is 9.64 Å². The van der Waals surface area contributed by atoms with Crippen LogP contribution in [0.3, 0.4) is 0 Å². The molecule has 0 spiro atoms. The predicted octanol–water partition coefficient (Wildman–Crippen LogP) is 6.47. The Morgan fingerprint density at radius 2 is 1.56 bits per heavy atom. The number of likely N-dealkylation sites (tertiary alicyclic amines) is 1. The molecule has 1 fully saturated rings. The first-order chi connectivity index (χ1) is 12.1. The quantitative estimate of drug-likeness (QED) is 0.549. The van der Waals surface area contributed by atoms with Gasteiger partial charge in [0.25, 0.3) is 0 Å². The Kier molecular flexibility index (Phi) is 6.55. The summed E-state index contributed by atoms with van der Waals surface area (Å²) in [6, 6.07) is 16.5. The van der Waals surface area contributed by atoms with Crippen LogP contribution in [0.1, 0.15) is 44.6 Å². The molecule has 0 aromatic heterocycles. The van der Waals surface area contributed by atoms with E-state index in [0.717, 1.165) is 21.9 Å². The maximum Gasteiger partial charge on any atom is 0.127 e. The van der Waals surface area contributed by atoms with Crippen molar-refractivity contribution in [2.45, 2.75) is 39.0 Å². The number of hydrogen-bond donors (Lipinski definition) is 0. The average Bonchev–Trinajstić information content (AvgIpc) is 2.63. The highest BCUT2D eigenvalue weighted by Crippen LogP contribution is 2.27. The standard InChI is InChI=1S/C22H28BrNO/c1-17-11-14-24(15-12-17)16-13-18(2)19-3-7-21(8-4-19)25-22-9-5-20(23)6-10-22/h3-10,17-18H,11-16H2,1-2H3. The van der Waals surface area contributed by atoms with Crippen molar-refractivity contribution in [3.63, 3.8) is 0 Å². The Morgan fingerprint density at radius 1 is 1.00 bits per heavy atom. The SMILES string of the molecule is CC1CCN(CCC(C)c2ccc(Oc3ccc(Br)cc3)cc2)CC1. The molecular formula is C22H28BrNO. The van der Waals surface area contributed by atoms with Gasteiger partial charge in [-0.15, -0.1) is 0 Å². The molecule has 1 aliphatic heterocycles. The van der Waals surface area contributed by atoms with Crippen LogP contribution in [0.5, 0.6) is 11.5 Å². The number of halogens is 1. The van der Waals surface area contributed by atoms with Crippen LogP contribution in [-0.2, 0) is 0 Å². The van der Waals surface area contributed by atoms with Gasteiger partial charge in [0.15, 0.2) is 0 Å². The van der Waals surface area contributed by atoms with E-state index in [1.54, 1.807) is 0 Å². The third-order valence-corrected chi connectivity index (χ3v) is 5.78. The van der Waals surface area contributed by atoms with E-state index >= 15 is 0 Å². The van der Waals surface area contributed by atoms with E-state index in [4.69, 9.17) is 4.74 Å². The first-order valence-corrected chi connectivity index (χ1v) is 10.1. The van der Waals surface area contributed by atoms with Gasteiger partial charge in [0.2, 0.25) is 0 Å². The zero-order valence-electron chi connectivity index (χ0n) is 15.2. The first-order valence-electron chi connectivity index (χ1n) is 9.36. The van der Waals surface area contributed by atoms with E-state index in [1.165, 1.54) is 44.5 Å². The second-order valence-corrected chi connectivity index (χ2v) is 8.25. The van der Waals surface area contributed by atoms with Crippen molar-refractivity contribution < 1.29 is 4.74 Å². The number of hydrogen-bond acceptors (Lipinski definition) is 2. The monoisotopic (exact) mass is 401 g/mol. The molecule has 2 nitrogen and oxygen atoms in total. The van der Waals surface area contributed by atoms with Crippen molar-refractivity contribution in [1.82, 2.24) is 4.90 Å². The Hall–Kier alpha value is -1.32. The second kappa shape index (κ2) is 8.86. The maximum atomic E-state index is 5.90. The van der Waals surface area contributed by atoms with E-state index in [1.807, 2.05) is 24.3 Å². The lowest BCUT2D eigenvalue weighted by atomic mass is 9.95. The lowest BCUT2D eigenvalue weighted by molar-refractivity contribution is 0.187. The molecule has 0 saturated carbocycles. The van der Waals surface area contributed by atoms with Crippen molar-refractivity contribution in [3.05, 3.63) is 58.6 Å². The zero-order chi connectivity index (χ0) is 17.6. The predicted molar refractivity (Wildman–Crippen MR) is 109 cm³/mol. The Bertz CT molecular complexity index is 645. The smallest absolute Gasteiger partial charge is 0.127 e. The van der Waals surface area contributed by atoms with E-state index in [9.17, 15) is 0 Å². The molecule has 1 saturated heterocycles. The van der Waals surface area contributed by atoms with Crippen molar-refractivity contribution in [2.75, 3.05) is 19.6 Å². The van der Waals surface area contributed by atoms with Crippen LogP contribution >= 0.6 is 15.9 Å². The highest BCUT2D eigenvalue weighted by atomic mass is 79.9. The van der Waals surface area contributed by atoms with Crippen molar-refractivity contribution in [3.8, 4) is 11.5 Å². The molecule has 1 heterocycles. The third kappa shape index (κ3) is 5.58. The summed E-state index contributed by atoms with van der Waals surface area (Å²) >= 11 is 3.44. The number of nitrogens with zero attached hydrogens (tertiary/aromatic N) is 1. The lowest BCUT2D eigenvalue weighted by Crippen LogP contribution is -2.34. The summed E-state index contributed by atoms with van der Waals surface area (Å²) < 4.78 is 6.97. The van der Waals surface area contributed by atoms with Gasteiger partial charge in [-0.1, -0.05) is 41.9 Å². The molecule has 0 radical (unpaired) electrons. The molecule has 0 N–H and O–H groups in total. The fourth-order valence-corrected chi connectivity index (χ4v) is 3.60. The van der Waals surface area contributed by atoms with Gasteiger partial charge in [0, 0.05) is 4.47 Å². The van der Waals surface area contributed by atoms with Gasteiger partial charge in [-0.05, 0) is 92.7 Å². The number of ether oxygens (including phenoxy) is 1. The summed E-state index contributed by atoms with van der Waals surface area (Å²) in [5.74, 6) is 3.25.